The van der Waals surface area contributed by atoms with E-state index in [1.165, 1.54) is 17.7 Å². The maximum absolute atomic E-state index is 13.2. The molecule has 1 aliphatic heterocycles. The first kappa shape index (κ1) is 23.5. The van der Waals surface area contributed by atoms with Gasteiger partial charge in [0.25, 0.3) is 6.43 Å². The average molecular weight is 482 g/mol. The molecule has 1 N–H and O–H groups in total. The summed E-state index contributed by atoms with van der Waals surface area (Å²) in [4.78, 5) is 30.9. The van der Waals surface area contributed by atoms with Crippen LogP contribution in [0.2, 0.25) is 0 Å². The Labute approximate surface area is 202 Å². The molecule has 3 aromatic rings. The van der Waals surface area contributed by atoms with Crippen LogP contribution in [-0.2, 0) is 29.1 Å². The number of carbonyl (C=O) groups is 2. The number of hydrogen-bond acceptors (Lipinski definition) is 3. The summed E-state index contributed by atoms with van der Waals surface area (Å²) in [5.41, 5.74) is 3.99. The highest BCUT2D eigenvalue weighted by molar-refractivity contribution is 5.84. The van der Waals surface area contributed by atoms with E-state index in [0.717, 1.165) is 41.6 Å². The summed E-state index contributed by atoms with van der Waals surface area (Å²) in [5, 5.41) is 10.3. The largest absolute Gasteiger partial charge is 0.481 e. The molecule has 3 heterocycles. The van der Waals surface area contributed by atoms with Crippen molar-refractivity contribution in [2.45, 2.75) is 58.0 Å². The molecule has 184 valence electrons. The third-order valence-corrected chi connectivity index (χ3v) is 7.60. The number of nitrogens with zero attached hydrogens (tertiary/aromatic N) is 3. The van der Waals surface area contributed by atoms with E-state index in [4.69, 9.17) is 0 Å². The topological polar surface area (TPSA) is 75.4 Å². The lowest BCUT2D eigenvalue weighted by Crippen LogP contribution is -2.38. The van der Waals surface area contributed by atoms with Crippen molar-refractivity contribution in [3.05, 3.63) is 65.0 Å². The first-order valence-electron chi connectivity index (χ1n) is 12.2. The van der Waals surface area contributed by atoms with E-state index in [1.807, 2.05) is 11.0 Å². The van der Waals surface area contributed by atoms with Crippen LogP contribution in [0, 0.1) is 11.8 Å². The molecule has 1 aliphatic carbocycles. The molecule has 1 amide bonds. The summed E-state index contributed by atoms with van der Waals surface area (Å²) in [6.07, 6.45) is 3.29. The number of alkyl halides is 2. The standard InChI is InChI=1S/C27H29F2N3O3/c28-25(29)19-7-5-18(6-8-19)15-32-23-16-31(13-11-21(23)22-2-1-12-30-26(22)32)24(33)14-17-3-9-20(10-4-17)27(34)35/h1-2,5-8,12,17,20,25H,3-4,9-11,13-16H2,(H,34,35)/t17-,20-. The smallest absolute Gasteiger partial charge is 0.306 e. The number of carbonyl (C=O) groups excluding carboxylic acids is 1. The summed E-state index contributed by atoms with van der Waals surface area (Å²) < 4.78 is 28.1. The number of pyridine rings is 1. The molecular weight excluding hydrogens is 452 g/mol. The lowest BCUT2D eigenvalue weighted by molar-refractivity contribution is -0.143. The molecule has 1 saturated carbocycles. The Kier molecular flexibility index (Phi) is 6.54. The number of rotatable bonds is 6. The van der Waals surface area contributed by atoms with Gasteiger partial charge in [0.2, 0.25) is 5.91 Å². The fourth-order valence-corrected chi connectivity index (χ4v) is 5.58. The molecule has 2 aliphatic rings. The second-order valence-corrected chi connectivity index (χ2v) is 9.75. The Hall–Kier alpha value is -3.29. The van der Waals surface area contributed by atoms with Gasteiger partial charge in [-0.2, -0.15) is 0 Å². The Morgan fingerprint density at radius 3 is 2.51 bits per heavy atom. The molecule has 0 radical (unpaired) electrons. The number of carboxylic acids is 1. The summed E-state index contributed by atoms with van der Waals surface area (Å²) in [5.74, 6) is -0.665. The zero-order valence-corrected chi connectivity index (χ0v) is 19.5. The van der Waals surface area contributed by atoms with Gasteiger partial charge in [-0.25, -0.2) is 13.8 Å². The second kappa shape index (κ2) is 9.76. The summed E-state index contributed by atoms with van der Waals surface area (Å²) in [7, 11) is 0. The van der Waals surface area contributed by atoms with Gasteiger partial charge < -0.3 is 14.6 Å². The molecular formula is C27H29F2N3O3. The Morgan fingerprint density at radius 1 is 1.09 bits per heavy atom. The zero-order valence-electron chi connectivity index (χ0n) is 19.5. The molecule has 0 saturated heterocycles. The molecule has 2 aromatic heterocycles. The Bertz CT molecular complexity index is 1230. The van der Waals surface area contributed by atoms with Crippen molar-refractivity contribution in [1.82, 2.24) is 14.5 Å². The van der Waals surface area contributed by atoms with E-state index in [-0.39, 0.29) is 23.3 Å². The van der Waals surface area contributed by atoms with Crippen LogP contribution in [0.15, 0.2) is 42.6 Å². The lowest BCUT2D eigenvalue weighted by atomic mass is 9.80. The predicted octanol–water partition coefficient (Wildman–Crippen LogP) is 5.19. The van der Waals surface area contributed by atoms with Gasteiger partial charge in [-0.1, -0.05) is 24.3 Å². The van der Waals surface area contributed by atoms with Crippen molar-refractivity contribution < 1.29 is 23.5 Å². The van der Waals surface area contributed by atoms with E-state index in [1.54, 1.807) is 18.3 Å². The van der Waals surface area contributed by atoms with Crippen LogP contribution < -0.4 is 0 Å². The van der Waals surface area contributed by atoms with Crippen LogP contribution in [0.3, 0.4) is 0 Å². The average Bonchev–Trinajstić information content (AvgIpc) is 3.17. The van der Waals surface area contributed by atoms with E-state index in [9.17, 15) is 23.5 Å². The Morgan fingerprint density at radius 2 is 1.83 bits per heavy atom. The molecule has 5 rings (SSSR count). The van der Waals surface area contributed by atoms with Crippen LogP contribution in [-0.4, -0.2) is 38.0 Å². The third-order valence-electron chi connectivity index (χ3n) is 7.60. The number of halogens is 2. The summed E-state index contributed by atoms with van der Waals surface area (Å²) in [6.45, 7) is 1.63. The monoisotopic (exact) mass is 481 g/mol. The maximum atomic E-state index is 13.2. The molecule has 8 heteroatoms. The SMILES string of the molecule is O=C(C[C@H]1CC[C@H](C(=O)O)CC1)N1CCc2c(n(Cc3ccc(C(F)F)cc3)c3ncccc23)C1. The van der Waals surface area contributed by atoms with Crippen LogP contribution in [0.25, 0.3) is 11.0 Å². The first-order chi connectivity index (χ1) is 16.9. The number of aliphatic carboxylic acids is 1. The molecule has 35 heavy (non-hydrogen) atoms. The van der Waals surface area contributed by atoms with E-state index in [0.29, 0.717) is 38.9 Å². The normalized spacial score (nSPS) is 20.3. The van der Waals surface area contributed by atoms with Crippen molar-refractivity contribution in [1.29, 1.82) is 0 Å². The highest BCUT2D eigenvalue weighted by Crippen LogP contribution is 2.34. The number of fused-ring (bicyclic) bond motifs is 3. The molecule has 0 unspecified atom stereocenters. The van der Waals surface area contributed by atoms with Crippen molar-refractivity contribution in [3.8, 4) is 0 Å². The van der Waals surface area contributed by atoms with Crippen LogP contribution in [0.1, 0.15) is 60.9 Å². The minimum Gasteiger partial charge on any atom is -0.481 e. The van der Waals surface area contributed by atoms with Gasteiger partial charge in [-0.3, -0.25) is 9.59 Å². The second-order valence-electron chi connectivity index (χ2n) is 9.75. The number of hydrogen-bond donors (Lipinski definition) is 1. The van der Waals surface area contributed by atoms with Gasteiger partial charge in [0.1, 0.15) is 5.65 Å². The molecule has 0 spiro atoms. The minimum absolute atomic E-state index is 0.000396. The highest BCUT2D eigenvalue weighted by Gasteiger charge is 2.31. The predicted molar refractivity (Wildman–Crippen MR) is 127 cm³/mol. The van der Waals surface area contributed by atoms with Crippen LogP contribution >= 0.6 is 0 Å². The minimum atomic E-state index is -2.50. The van der Waals surface area contributed by atoms with Crippen LogP contribution in [0.5, 0.6) is 0 Å². The van der Waals surface area contributed by atoms with Gasteiger partial charge in [-0.05, 0) is 61.3 Å². The zero-order chi connectivity index (χ0) is 24.5. The quantitative estimate of drug-likeness (QED) is 0.526. The summed E-state index contributed by atoms with van der Waals surface area (Å²) in [6, 6.07) is 10.3. The molecule has 1 fully saturated rings. The van der Waals surface area contributed by atoms with Gasteiger partial charge in [0, 0.05) is 42.4 Å². The number of amides is 1. The first-order valence-corrected chi connectivity index (χ1v) is 12.2. The molecule has 0 bridgehead atoms. The Balaban J connectivity index is 1.35. The van der Waals surface area contributed by atoms with Crippen molar-refractivity contribution in [3.63, 3.8) is 0 Å². The number of benzene rings is 1. The fraction of sp³-hybridized carbons (Fsp3) is 0.444. The van der Waals surface area contributed by atoms with Crippen LogP contribution in [0.4, 0.5) is 8.78 Å². The fourth-order valence-electron chi connectivity index (χ4n) is 5.58. The lowest BCUT2D eigenvalue weighted by Gasteiger charge is -2.31. The number of aromatic nitrogens is 2. The highest BCUT2D eigenvalue weighted by atomic mass is 19.3. The van der Waals surface area contributed by atoms with Crippen molar-refractivity contribution in [2.24, 2.45) is 11.8 Å². The van der Waals surface area contributed by atoms with Gasteiger partial charge >= 0.3 is 5.97 Å². The maximum Gasteiger partial charge on any atom is 0.306 e. The van der Waals surface area contributed by atoms with Gasteiger partial charge in [0.05, 0.1) is 12.5 Å². The number of carboxylic acid groups (broad SMARTS) is 1. The van der Waals surface area contributed by atoms with E-state index < -0.39 is 12.4 Å². The van der Waals surface area contributed by atoms with E-state index in [2.05, 4.69) is 15.6 Å². The third kappa shape index (κ3) is 4.79. The van der Waals surface area contributed by atoms with Crippen molar-refractivity contribution >= 4 is 22.9 Å². The van der Waals surface area contributed by atoms with Gasteiger partial charge in [-0.15, -0.1) is 0 Å². The van der Waals surface area contributed by atoms with Gasteiger partial charge in [0.15, 0.2) is 0 Å². The van der Waals surface area contributed by atoms with E-state index >= 15 is 0 Å². The molecule has 0 atom stereocenters. The van der Waals surface area contributed by atoms with Crippen molar-refractivity contribution in [2.75, 3.05) is 6.54 Å². The summed E-state index contributed by atoms with van der Waals surface area (Å²) >= 11 is 0. The molecule has 6 nitrogen and oxygen atoms in total. The molecule has 1 aromatic carbocycles.